The van der Waals surface area contributed by atoms with Crippen LogP contribution in [0.2, 0.25) is 0 Å². The van der Waals surface area contributed by atoms with E-state index in [0.717, 1.165) is 44.4 Å². The highest BCUT2D eigenvalue weighted by atomic mass is 127. The van der Waals surface area contributed by atoms with Gasteiger partial charge in [0.2, 0.25) is 5.91 Å². The van der Waals surface area contributed by atoms with Crippen molar-refractivity contribution in [2.45, 2.75) is 13.5 Å². The number of aliphatic imine (C=N–C) groups is 1. The van der Waals surface area contributed by atoms with Crippen LogP contribution < -0.4 is 15.5 Å². The Balaban J connectivity index is 0.00000300. The van der Waals surface area contributed by atoms with Gasteiger partial charge in [-0.05, 0) is 31.2 Å². The molecule has 3 N–H and O–H groups in total. The van der Waals surface area contributed by atoms with Crippen molar-refractivity contribution in [2.75, 3.05) is 44.2 Å². The number of hydrogen-bond acceptors (Lipinski definition) is 5. The molecule has 0 spiro atoms. The van der Waals surface area contributed by atoms with Crippen LogP contribution in [0.5, 0.6) is 5.75 Å². The third-order valence-corrected chi connectivity index (χ3v) is 4.55. The topological polar surface area (TPSA) is 93.3 Å². The van der Waals surface area contributed by atoms with Crippen molar-refractivity contribution < 1.29 is 14.3 Å². The van der Waals surface area contributed by atoms with Crippen molar-refractivity contribution in [3.8, 4) is 5.75 Å². The Morgan fingerprint density at radius 1 is 1.14 bits per heavy atom. The van der Waals surface area contributed by atoms with E-state index in [1.807, 2.05) is 31.2 Å². The molecule has 0 saturated carbocycles. The number of nitrogens with one attached hydrogen (secondary N) is 2. The molecule has 0 bridgehead atoms. The molecule has 0 radical (unpaired) electrons. The zero-order valence-electron chi connectivity index (χ0n) is 16.5. The first-order chi connectivity index (χ1) is 13.7. The van der Waals surface area contributed by atoms with Gasteiger partial charge in [0.15, 0.2) is 5.96 Å². The van der Waals surface area contributed by atoms with Crippen molar-refractivity contribution >= 4 is 41.5 Å². The highest BCUT2D eigenvalue weighted by molar-refractivity contribution is 14.0. The zero-order valence-corrected chi connectivity index (χ0v) is 18.8. The third-order valence-electron chi connectivity index (χ3n) is 4.55. The number of benzene rings is 1. The molecule has 1 saturated heterocycles. The summed E-state index contributed by atoms with van der Waals surface area (Å²) in [4.78, 5) is 20.8. The van der Waals surface area contributed by atoms with Crippen molar-refractivity contribution in [1.29, 1.82) is 0 Å². The summed E-state index contributed by atoms with van der Waals surface area (Å²) in [5, 5.41) is 16.1. The van der Waals surface area contributed by atoms with Gasteiger partial charge in [0, 0.05) is 32.7 Å². The Bertz CT molecular complexity index is 789. The summed E-state index contributed by atoms with van der Waals surface area (Å²) in [5.41, 5.74) is 0.849. The Morgan fingerprint density at radius 3 is 2.55 bits per heavy atom. The second-order valence-corrected chi connectivity index (χ2v) is 6.49. The lowest BCUT2D eigenvalue weighted by atomic mass is 10.2. The number of rotatable bonds is 6. The number of piperazine rings is 1. The zero-order chi connectivity index (χ0) is 19.8. The molecule has 2 heterocycles. The summed E-state index contributed by atoms with van der Waals surface area (Å²) in [6.07, 6.45) is 1.58. The number of halogens is 1. The number of carbonyl (C=O) groups is 1. The number of furan rings is 1. The fraction of sp³-hybridized carbons (Fsp3) is 0.400. The number of aromatic hydroxyl groups is 1. The number of amides is 1. The Hall–Kier alpha value is -2.43. The minimum absolute atomic E-state index is 0. The van der Waals surface area contributed by atoms with Gasteiger partial charge >= 0.3 is 0 Å². The normalized spacial score (nSPS) is 14.3. The third kappa shape index (κ3) is 6.55. The number of para-hydroxylation sites is 2. The molecule has 1 aliphatic rings. The van der Waals surface area contributed by atoms with Crippen LogP contribution in [0.15, 0.2) is 52.1 Å². The molecule has 1 aromatic heterocycles. The van der Waals surface area contributed by atoms with Crippen molar-refractivity contribution in [2.24, 2.45) is 4.99 Å². The lowest BCUT2D eigenvalue weighted by Crippen LogP contribution is -2.52. The average molecular weight is 513 g/mol. The maximum Gasteiger partial charge on any atom is 0.242 e. The molecule has 1 aromatic carbocycles. The number of hydrogen-bond donors (Lipinski definition) is 3. The van der Waals surface area contributed by atoms with Crippen molar-refractivity contribution in [3.05, 3.63) is 48.4 Å². The van der Waals surface area contributed by atoms with E-state index in [2.05, 4.69) is 25.4 Å². The monoisotopic (exact) mass is 513 g/mol. The molecular formula is C20H28IN5O3. The summed E-state index contributed by atoms with van der Waals surface area (Å²) in [6.45, 7) is 6.21. The molecule has 1 fully saturated rings. The van der Waals surface area contributed by atoms with E-state index in [1.165, 1.54) is 0 Å². The van der Waals surface area contributed by atoms with E-state index < -0.39 is 0 Å². The molecule has 1 aliphatic heterocycles. The van der Waals surface area contributed by atoms with Crippen LogP contribution in [0, 0.1) is 0 Å². The van der Waals surface area contributed by atoms with E-state index >= 15 is 0 Å². The number of nitrogens with zero attached hydrogens (tertiary/aromatic N) is 3. The molecule has 0 aliphatic carbocycles. The lowest BCUT2D eigenvalue weighted by molar-refractivity contribution is -0.119. The van der Waals surface area contributed by atoms with E-state index in [4.69, 9.17) is 4.42 Å². The smallest absolute Gasteiger partial charge is 0.242 e. The molecule has 1 amide bonds. The van der Waals surface area contributed by atoms with Gasteiger partial charge in [-0.2, -0.15) is 0 Å². The Labute approximate surface area is 188 Å². The molecule has 0 atom stereocenters. The van der Waals surface area contributed by atoms with E-state index in [9.17, 15) is 9.90 Å². The second kappa shape index (κ2) is 11.5. The number of phenols is 1. The fourth-order valence-corrected chi connectivity index (χ4v) is 3.12. The summed E-state index contributed by atoms with van der Waals surface area (Å²) >= 11 is 0. The van der Waals surface area contributed by atoms with Crippen LogP contribution in [0.4, 0.5) is 5.69 Å². The first-order valence-corrected chi connectivity index (χ1v) is 9.52. The predicted octanol–water partition coefficient (Wildman–Crippen LogP) is 2.01. The van der Waals surface area contributed by atoms with E-state index in [0.29, 0.717) is 18.1 Å². The van der Waals surface area contributed by atoms with Crippen LogP contribution >= 0.6 is 24.0 Å². The number of guanidine groups is 1. The molecule has 158 valence electrons. The SMILES string of the molecule is CCNC(=NCC(=O)NCc1ccco1)N1CCN(c2ccccc2O)CC1.I. The molecule has 9 heteroatoms. The standard InChI is InChI=1S/C20H27N5O3.HI/c1-2-21-20(23-15-19(27)22-14-16-6-5-13-28-16)25-11-9-24(10-12-25)17-7-3-4-8-18(17)26;/h3-8,13,26H,2,9-12,14-15H2,1H3,(H,21,23)(H,22,27);1H. The highest BCUT2D eigenvalue weighted by Gasteiger charge is 2.21. The van der Waals surface area contributed by atoms with Gasteiger partial charge in [-0.15, -0.1) is 24.0 Å². The first kappa shape index (κ1) is 22.9. The summed E-state index contributed by atoms with van der Waals surface area (Å²) in [6, 6.07) is 11.0. The Morgan fingerprint density at radius 2 is 1.90 bits per heavy atom. The van der Waals surface area contributed by atoms with Crippen LogP contribution in [0.1, 0.15) is 12.7 Å². The Kier molecular flexibility index (Phi) is 9.10. The minimum atomic E-state index is -0.153. The first-order valence-electron chi connectivity index (χ1n) is 9.52. The van der Waals surface area contributed by atoms with Crippen LogP contribution in [0.25, 0.3) is 0 Å². The van der Waals surface area contributed by atoms with E-state index in [1.54, 1.807) is 18.4 Å². The molecular weight excluding hydrogens is 485 g/mol. The van der Waals surface area contributed by atoms with E-state index in [-0.39, 0.29) is 36.4 Å². The van der Waals surface area contributed by atoms with Gasteiger partial charge in [-0.25, -0.2) is 4.99 Å². The summed E-state index contributed by atoms with van der Waals surface area (Å²) < 4.78 is 5.20. The number of carbonyl (C=O) groups excluding carboxylic acids is 1. The minimum Gasteiger partial charge on any atom is -0.506 e. The van der Waals surface area contributed by atoms with Crippen molar-refractivity contribution in [3.63, 3.8) is 0 Å². The fourth-order valence-electron chi connectivity index (χ4n) is 3.12. The van der Waals surface area contributed by atoms with Gasteiger partial charge in [0.05, 0.1) is 18.5 Å². The largest absolute Gasteiger partial charge is 0.506 e. The number of phenolic OH excluding ortho intramolecular Hbond substituents is 1. The lowest BCUT2D eigenvalue weighted by Gasteiger charge is -2.37. The maximum atomic E-state index is 12.1. The van der Waals surface area contributed by atoms with Crippen LogP contribution in [-0.4, -0.2) is 61.1 Å². The summed E-state index contributed by atoms with van der Waals surface area (Å²) in [5.74, 6) is 1.58. The molecule has 8 nitrogen and oxygen atoms in total. The number of anilines is 1. The average Bonchev–Trinajstić information content (AvgIpc) is 3.24. The quantitative estimate of drug-likeness (QED) is 0.311. The van der Waals surface area contributed by atoms with Crippen molar-refractivity contribution in [1.82, 2.24) is 15.5 Å². The van der Waals surface area contributed by atoms with Gasteiger partial charge in [-0.3, -0.25) is 4.79 Å². The molecule has 2 aromatic rings. The van der Waals surface area contributed by atoms with Crippen LogP contribution in [0.3, 0.4) is 0 Å². The van der Waals surface area contributed by atoms with Gasteiger partial charge in [0.1, 0.15) is 18.1 Å². The molecule has 0 unspecified atom stereocenters. The summed E-state index contributed by atoms with van der Waals surface area (Å²) in [7, 11) is 0. The van der Waals surface area contributed by atoms with Gasteiger partial charge in [0.25, 0.3) is 0 Å². The van der Waals surface area contributed by atoms with Crippen LogP contribution in [-0.2, 0) is 11.3 Å². The molecule has 29 heavy (non-hydrogen) atoms. The van der Waals surface area contributed by atoms with Gasteiger partial charge in [-0.1, -0.05) is 12.1 Å². The highest BCUT2D eigenvalue weighted by Crippen LogP contribution is 2.27. The molecule has 3 rings (SSSR count). The van der Waals surface area contributed by atoms with Gasteiger partial charge < -0.3 is 30.0 Å². The maximum absolute atomic E-state index is 12.1. The predicted molar refractivity (Wildman–Crippen MR) is 124 cm³/mol. The second-order valence-electron chi connectivity index (χ2n) is 6.49.